The Kier molecular flexibility index (Phi) is 2.41. The minimum Gasteiger partial charge on any atom is -0.325 e. The molecule has 0 unspecified atom stereocenters. The zero-order valence-electron chi connectivity index (χ0n) is 11.0. The van der Waals surface area contributed by atoms with E-state index in [1.807, 2.05) is 30.3 Å². The number of pyridine rings is 2. The number of nitrogens with one attached hydrogen (secondary N) is 1. The summed E-state index contributed by atoms with van der Waals surface area (Å²) in [5.41, 5.74) is 2.34. The lowest BCUT2D eigenvalue weighted by Gasteiger charge is -2.08. The van der Waals surface area contributed by atoms with Crippen LogP contribution >= 0.6 is 0 Å². The number of rotatable bonds is 1. The lowest BCUT2D eigenvalue weighted by atomic mass is 10.1. The van der Waals surface area contributed by atoms with Crippen LogP contribution in [0.3, 0.4) is 0 Å². The number of anilines is 1. The van der Waals surface area contributed by atoms with Gasteiger partial charge in [0.1, 0.15) is 0 Å². The highest BCUT2D eigenvalue weighted by Gasteiger charge is 2.18. The molecule has 102 valence electrons. The highest BCUT2D eigenvalue weighted by Crippen LogP contribution is 2.25. The van der Waals surface area contributed by atoms with Crippen molar-refractivity contribution < 1.29 is 4.79 Å². The van der Waals surface area contributed by atoms with Crippen LogP contribution in [0, 0.1) is 0 Å². The number of hydrogen-bond acceptors (Lipinski definition) is 3. The van der Waals surface area contributed by atoms with Gasteiger partial charge in [0.2, 0.25) is 5.91 Å². The monoisotopic (exact) mass is 277 g/mol. The van der Waals surface area contributed by atoms with Gasteiger partial charge in [-0.1, -0.05) is 6.07 Å². The number of benzene rings is 1. The summed E-state index contributed by atoms with van der Waals surface area (Å²) in [6.45, 7) is 0. The maximum absolute atomic E-state index is 12.5. The highest BCUT2D eigenvalue weighted by molar-refractivity contribution is 5.99. The van der Waals surface area contributed by atoms with E-state index in [2.05, 4.69) is 10.3 Å². The Balaban J connectivity index is 1.92. The van der Waals surface area contributed by atoms with Crippen molar-refractivity contribution in [2.45, 2.75) is 6.42 Å². The molecule has 1 N–H and O–H groups in total. The molecular formula is C16H11N3O2. The summed E-state index contributed by atoms with van der Waals surface area (Å²) in [6.07, 6.45) is 5.37. The second-order valence-electron chi connectivity index (χ2n) is 5.02. The molecule has 3 aromatic rings. The standard InChI is InChI=1S/C16H11N3O2/c20-15-7-11-1-2-12(8-14(11)18-15)19-6-4-10-3-5-17-9-13(10)16(19)21/h1-6,8-9H,7H2,(H,18,20). The molecule has 0 radical (unpaired) electrons. The maximum atomic E-state index is 12.5. The first-order valence-electron chi connectivity index (χ1n) is 6.61. The molecule has 0 spiro atoms. The number of hydrogen-bond donors (Lipinski definition) is 1. The fraction of sp³-hybridized carbons (Fsp3) is 0.0625. The lowest BCUT2D eigenvalue weighted by Crippen LogP contribution is -2.17. The summed E-state index contributed by atoms with van der Waals surface area (Å²) in [5.74, 6) is -0.0165. The van der Waals surface area contributed by atoms with Crippen molar-refractivity contribution >= 4 is 22.4 Å². The van der Waals surface area contributed by atoms with Crippen LogP contribution < -0.4 is 10.9 Å². The number of fused-ring (bicyclic) bond motifs is 2. The predicted molar refractivity (Wildman–Crippen MR) is 79.7 cm³/mol. The van der Waals surface area contributed by atoms with Crippen molar-refractivity contribution in [2.75, 3.05) is 5.32 Å². The molecule has 1 amide bonds. The van der Waals surface area contributed by atoms with Gasteiger partial charge in [-0.05, 0) is 35.2 Å². The molecule has 5 heteroatoms. The first-order valence-corrected chi connectivity index (χ1v) is 6.61. The van der Waals surface area contributed by atoms with E-state index in [1.165, 1.54) is 0 Å². The molecule has 1 aliphatic heterocycles. The Labute approximate surface area is 119 Å². The third-order valence-electron chi connectivity index (χ3n) is 3.70. The fourth-order valence-electron chi connectivity index (χ4n) is 2.64. The van der Waals surface area contributed by atoms with Crippen LogP contribution in [0.15, 0.2) is 53.7 Å². The smallest absolute Gasteiger partial charge is 0.264 e. The maximum Gasteiger partial charge on any atom is 0.264 e. The van der Waals surface area contributed by atoms with Crippen molar-refractivity contribution in [3.05, 3.63) is 64.8 Å². The van der Waals surface area contributed by atoms with Gasteiger partial charge in [-0.25, -0.2) is 0 Å². The van der Waals surface area contributed by atoms with E-state index in [-0.39, 0.29) is 11.5 Å². The third kappa shape index (κ3) is 1.82. The van der Waals surface area contributed by atoms with E-state index in [1.54, 1.807) is 23.2 Å². The molecule has 0 fully saturated rings. The van der Waals surface area contributed by atoms with Crippen LogP contribution in [-0.4, -0.2) is 15.5 Å². The molecule has 0 atom stereocenters. The van der Waals surface area contributed by atoms with E-state index in [4.69, 9.17) is 0 Å². The Morgan fingerprint density at radius 2 is 2.05 bits per heavy atom. The minimum absolute atomic E-state index is 0.0165. The molecule has 21 heavy (non-hydrogen) atoms. The average molecular weight is 277 g/mol. The predicted octanol–water partition coefficient (Wildman–Crippen LogP) is 1.88. The van der Waals surface area contributed by atoms with Crippen LogP contribution in [0.2, 0.25) is 0 Å². The van der Waals surface area contributed by atoms with Crippen LogP contribution in [0.4, 0.5) is 5.69 Å². The zero-order valence-corrected chi connectivity index (χ0v) is 11.0. The van der Waals surface area contributed by atoms with Crippen molar-refractivity contribution in [2.24, 2.45) is 0 Å². The second kappa shape index (κ2) is 4.28. The Bertz CT molecular complexity index is 944. The molecule has 5 nitrogen and oxygen atoms in total. The molecule has 0 saturated heterocycles. The van der Waals surface area contributed by atoms with Crippen molar-refractivity contribution in [1.29, 1.82) is 0 Å². The average Bonchev–Trinajstić information content (AvgIpc) is 2.87. The lowest BCUT2D eigenvalue weighted by molar-refractivity contribution is -0.115. The Morgan fingerprint density at radius 3 is 2.95 bits per heavy atom. The van der Waals surface area contributed by atoms with Crippen LogP contribution in [0.1, 0.15) is 5.56 Å². The Morgan fingerprint density at radius 1 is 1.14 bits per heavy atom. The van der Waals surface area contributed by atoms with Crippen molar-refractivity contribution in [3.63, 3.8) is 0 Å². The van der Waals surface area contributed by atoms with Gasteiger partial charge >= 0.3 is 0 Å². The molecule has 2 aromatic heterocycles. The van der Waals surface area contributed by atoms with Gasteiger partial charge < -0.3 is 5.32 Å². The summed E-state index contributed by atoms with van der Waals surface area (Å²) < 4.78 is 1.56. The SMILES string of the molecule is O=C1Cc2ccc(-n3ccc4ccncc4c3=O)cc2N1. The number of carbonyl (C=O) groups is 1. The largest absolute Gasteiger partial charge is 0.325 e. The van der Waals surface area contributed by atoms with E-state index in [9.17, 15) is 9.59 Å². The van der Waals surface area contributed by atoms with Crippen molar-refractivity contribution in [1.82, 2.24) is 9.55 Å². The number of nitrogens with zero attached hydrogens (tertiary/aromatic N) is 2. The van der Waals surface area contributed by atoms with Crippen LogP contribution in [0.25, 0.3) is 16.5 Å². The van der Waals surface area contributed by atoms with Crippen LogP contribution in [-0.2, 0) is 11.2 Å². The molecule has 3 heterocycles. The molecule has 4 rings (SSSR count). The number of carbonyl (C=O) groups excluding carboxylic acids is 1. The van der Waals surface area contributed by atoms with Gasteiger partial charge in [0.05, 0.1) is 17.5 Å². The number of aromatic nitrogens is 2. The van der Waals surface area contributed by atoms with Gasteiger partial charge in [0.15, 0.2) is 0 Å². The molecular weight excluding hydrogens is 266 g/mol. The normalized spacial score (nSPS) is 13.2. The van der Waals surface area contributed by atoms with Crippen LogP contribution in [0.5, 0.6) is 0 Å². The summed E-state index contributed by atoms with van der Waals surface area (Å²) in [5, 5.41) is 4.23. The third-order valence-corrected chi connectivity index (χ3v) is 3.70. The quantitative estimate of drug-likeness (QED) is 0.738. The summed E-state index contributed by atoms with van der Waals surface area (Å²) >= 11 is 0. The topological polar surface area (TPSA) is 64.0 Å². The minimum atomic E-state index is -0.120. The van der Waals surface area contributed by atoms with Gasteiger partial charge in [-0.2, -0.15) is 0 Å². The first kappa shape index (κ1) is 11.8. The van der Waals surface area contributed by atoms with E-state index >= 15 is 0 Å². The molecule has 1 aromatic carbocycles. The second-order valence-corrected chi connectivity index (χ2v) is 5.02. The van der Waals surface area contributed by atoms with Gasteiger partial charge in [0.25, 0.3) is 5.56 Å². The van der Waals surface area contributed by atoms with E-state index < -0.39 is 0 Å². The van der Waals surface area contributed by atoms with Gasteiger partial charge in [-0.3, -0.25) is 19.1 Å². The molecule has 0 bridgehead atoms. The van der Waals surface area contributed by atoms with Gasteiger partial charge in [-0.15, -0.1) is 0 Å². The molecule has 1 aliphatic rings. The highest BCUT2D eigenvalue weighted by atomic mass is 16.2. The number of amides is 1. The zero-order chi connectivity index (χ0) is 14.4. The fourth-order valence-corrected chi connectivity index (χ4v) is 2.64. The Hall–Kier alpha value is -2.95. The summed E-state index contributed by atoms with van der Waals surface area (Å²) in [6, 6.07) is 9.24. The van der Waals surface area contributed by atoms with Gasteiger partial charge in [0, 0.05) is 24.3 Å². The van der Waals surface area contributed by atoms with E-state index in [0.717, 1.165) is 22.3 Å². The first-order chi connectivity index (χ1) is 10.2. The van der Waals surface area contributed by atoms with Crippen molar-refractivity contribution in [3.8, 4) is 5.69 Å². The van der Waals surface area contributed by atoms with E-state index in [0.29, 0.717) is 11.8 Å². The summed E-state index contributed by atoms with van der Waals surface area (Å²) in [7, 11) is 0. The molecule has 0 aliphatic carbocycles. The molecule has 0 saturated carbocycles. The summed E-state index contributed by atoms with van der Waals surface area (Å²) in [4.78, 5) is 27.9.